The fraction of sp³-hybridized carbons (Fsp3) is 0.900. The molecule has 1 N–H and O–H groups in total. The van der Waals surface area contributed by atoms with E-state index >= 15 is 0 Å². The Morgan fingerprint density at radius 1 is 1.58 bits per heavy atom. The summed E-state index contributed by atoms with van der Waals surface area (Å²) in [6.07, 6.45) is 1.78. The molecule has 2 nitrogen and oxygen atoms in total. The number of rotatable bonds is 3. The van der Waals surface area contributed by atoms with Crippen LogP contribution in [0.4, 0.5) is 0 Å². The minimum absolute atomic E-state index is 0.285. The lowest BCUT2D eigenvalue weighted by atomic mass is 9.91. The van der Waals surface area contributed by atoms with Crippen molar-refractivity contribution in [3.8, 4) is 0 Å². The summed E-state index contributed by atoms with van der Waals surface area (Å²) in [5.74, 6) is 1.24. The maximum atomic E-state index is 11.6. The molecular weight excluding hydrogens is 150 g/mol. The minimum atomic E-state index is 0.285. The van der Waals surface area contributed by atoms with E-state index in [1.807, 2.05) is 0 Å². The summed E-state index contributed by atoms with van der Waals surface area (Å²) in [5.41, 5.74) is 0. The van der Waals surface area contributed by atoms with Crippen molar-refractivity contribution in [1.82, 2.24) is 5.32 Å². The van der Waals surface area contributed by atoms with Gasteiger partial charge in [-0.3, -0.25) is 4.79 Å². The van der Waals surface area contributed by atoms with E-state index in [1.54, 1.807) is 0 Å². The van der Waals surface area contributed by atoms with E-state index in [1.165, 1.54) is 0 Å². The van der Waals surface area contributed by atoms with Crippen molar-refractivity contribution >= 4 is 5.78 Å². The van der Waals surface area contributed by atoms with Gasteiger partial charge >= 0.3 is 0 Å². The SMILES string of the molecule is CC(C)CC(=O)C1CCNC1C. The van der Waals surface area contributed by atoms with Gasteiger partial charge in [-0.2, -0.15) is 0 Å². The summed E-state index contributed by atoms with van der Waals surface area (Å²) in [4.78, 5) is 11.6. The first-order valence-corrected chi connectivity index (χ1v) is 4.87. The molecule has 0 aromatic heterocycles. The van der Waals surface area contributed by atoms with Crippen molar-refractivity contribution in [2.24, 2.45) is 11.8 Å². The first-order valence-electron chi connectivity index (χ1n) is 4.87. The molecule has 1 aliphatic rings. The Labute approximate surface area is 74.7 Å². The molecule has 0 spiro atoms. The number of hydrogen-bond donors (Lipinski definition) is 1. The molecule has 0 radical (unpaired) electrons. The van der Waals surface area contributed by atoms with Gasteiger partial charge in [-0.05, 0) is 25.8 Å². The molecule has 1 saturated heterocycles. The van der Waals surface area contributed by atoms with Gasteiger partial charge < -0.3 is 5.32 Å². The zero-order valence-corrected chi connectivity index (χ0v) is 8.26. The van der Waals surface area contributed by atoms with Gasteiger partial charge in [0.05, 0.1) is 0 Å². The second-order valence-electron chi connectivity index (χ2n) is 4.20. The Kier molecular flexibility index (Phi) is 3.27. The summed E-state index contributed by atoms with van der Waals surface area (Å²) >= 11 is 0. The van der Waals surface area contributed by atoms with Crippen LogP contribution in [0.2, 0.25) is 0 Å². The number of hydrogen-bond acceptors (Lipinski definition) is 2. The second-order valence-corrected chi connectivity index (χ2v) is 4.20. The molecule has 2 heteroatoms. The van der Waals surface area contributed by atoms with Crippen molar-refractivity contribution in [3.05, 3.63) is 0 Å². The van der Waals surface area contributed by atoms with Crippen molar-refractivity contribution in [3.63, 3.8) is 0 Å². The van der Waals surface area contributed by atoms with E-state index in [9.17, 15) is 4.79 Å². The van der Waals surface area contributed by atoms with Crippen LogP contribution in [0, 0.1) is 11.8 Å². The molecule has 0 aliphatic carbocycles. The van der Waals surface area contributed by atoms with Crippen molar-refractivity contribution < 1.29 is 4.79 Å². The average Bonchev–Trinajstić information content (AvgIpc) is 2.33. The van der Waals surface area contributed by atoms with Crippen LogP contribution >= 0.6 is 0 Å². The summed E-state index contributed by atoms with van der Waals surface area (Å²) in [6, 6.07) is 0.399. The highest BCUT2D eigenvalue weighted by Crippen LogP contribution is 2.19. The van der Waals surface area contributed by atoms with Crippen molar-refractivity contribution in [2.75, 3.05) is 6.54 Å². The third-order valence-electron chi connectivity index (χ3n) is 2.55. The van der Waals surface area contributed by atoms with Gasteiger partial charge in [0, 0.05) is 18.4 Å². The fourth-order valence-corrected chi connectivity index (χ4v) is 1.85. The first kappa shape index (κ1) is 9.72. The molecule has 1 rings (SSSR count). The maximum Gasteiger partial charge on any atom is 0.137 e. The Hall–Kier alpha value is -0.370. The van der Waals surface area contributed by atoms with Gasteiger partial charge in [0.2, 0.25) is 0 Å². The fourth-order valence-electron chi connectivity index (χ4n) is 1.85. The summed E-state index contributed by atoms with van der Waals surface area (Å²) in [6.45, 7) is 7.32. The number of ketones is 1. The number of Topliss-reactive ketones (excluding diaryl/α,β-unsaturated/α-hetero) is 1. The highest BCUT2D eigenvalue weighted by atomic mass is 16.1. The van der Waals surface area contributed by atoms with E-state index < -0.39 is 0 Å². The Morgan fingerprint density at radius 3 is 2.67 bits per heavy atom. The normalized spacial score (nSPS) is 29.7. The first-order chi connectivity index (χ1) is 5.61. The molecule has 2 unspecified atom stereocenters. The van der Waals surface area contributed by atoms with Gasteiger partial charge in [0.15, 0.2) is 0 Å². The number of nitrogens with one attached hydrogen (secondary N) is 1. The predicted octanol–water partition coefficient (Wildman–Crippen LogP) is 1.60. The number of carbonyl (C=O) groups is 1. The van der Waals surface area contributed by atoms with E-state index in [-0.39, 0.29) is 5.92 Å². The van der Waals surface area contributed by atoms with Crippen LogP contribution in [0.1, 0.15) is 33.6 Å². The Balaban J connectivity index is 2.41. The number of carbonyl (C=O) groups excluding carboxylic acids is 1. The van der Waals surface area contributed by atoms with E-state index in [4.69, 9.17) is 0 Å². The summed E-state index contributed by atoms with van der Waals surface area (Å²) in [5, 5.41) is 3.30. The molecule has 1 aliphatic heterocycles. The van der Waals surface area contributed by atoms with Crippen LogP contribution in [0.25, 0.3) is 0 Å². The summed E-state index contributed by atoms with van der Waals surface area (Å²) in [7, 11) is 0. The highest BCUT2D eigenvalue weighted by Gasteiger charge is 2.28. The molecule has 2 atom stereocenters. The van der Waals surface area contributed by atoms with Crippen LogP contribution in [0.15, 0.2) is 0 Å². The molecular formula is C10H19NO. The van der Waals surface area contributed by atoms with Crippen LogP contribution < -0.4 is 5.32 Å². The van der Waals surface area contributed by atoms with Gasteiger partial charge in [-0.1, -0.05) is 13.8 Å². The lowest BCUT2D eigenvalue weighted by Gasteiger charge is -2.14. The lowest BCUT2D eigenvalue weighted by Crippen LogP contribution is -2.28. The van der Waals surface area contributed by atoms with E-state index in [0.717, 1.165) is 19.4 Å². The molecule has 1 heterocycles. The van der Waals surface area contributed by atoms with Crippen LogP contribution in [0.3, 0.4) is 0 Å². The topological polar surface area (TPSA) is 29.1 Å². The zero-order chi connectivity index (χ0) is 9.14. The van der Waals surface area contributed by atoms with Gasteiger partial charge in [-0.15, -0.1) is 0 Å². The van der Waals surface area contributed by atoms with Crippen molar-refractivity contribution in [1.29, 1.82) is 0 Å². The van der Waals surface area contributed by atoms with Gasteiger partial charge in [-0.25, -0.2) is 0 Å². The van der Waals surface area contributed by atoms with Crippen LogP contribution in [-0.4, -0.2) is 18.4 Å². The highest BCUT2D eigenvalue weighted by molar-refractivity contribution is 5.82. The zero-order valence-electron chi connectivity index (χ0n) is 8.26. The third-order valence-corrected chi connectivity index (χ3v) is 2.55. The second kappa shape index (κ2) is 4.04. The predicted molar refractivity (Wildman–Crippen MR) is 50.0 cm³/mol. The average molecular weight is 169 g/mol. The minimum Gasteiger partial charge on any atom is -0.314 e. The smallest absolute Gasteiger partial charge is 0.137 e. The Morgan fingerprint density at radius 2 is 2.25 bits per heavy atom. The quantitative estimate of drug-likeness (QED) is 0.695. The maximum absolute atomic E-state index is 11.6. The molecule has 0 saturated carbocycles. The lowest BCUT2D eigenvalue weighted by molar-refractivity contribution is -0.123. The van der Waals surface area contributed by atoms with E-state index in [0.29, 0.717) is 17.7 Å². The van der Waals surface area contributed by atoms with Crippen LogP contribution in [-0.2, 0) is 4.79 Å². The van der Waals surface area contributed by atoms with Gasteiger partial charge in [0.25, 0.3) is 0 Å². The van der Waals surface area contributed by atoms with E-state index in [2.05, 4.69) is 26.1 Å². The molecule has 0 amide bonds. The van der Waals surface area contributed by atoms with Crippen molar-refractivity contribution in [2.45, 2.75) is 39.7 Å². The Bertz CT molecular complexity index is 165. The largest absolute Gasteiger partial charge is 0.314 e. The molecule has 12 heavy (non-hydrogen) atoms. The van der Waals surface area contributed by atoms with Crippen LogP contribution in [0.5, 0.6) is 0 Å². The van der Waals surface area contributed by atoms with Gasteiger partial charge in [0.1, 0.15) is 5.78 Å². The third kappa shape index (κ3) is 2.31. The molecule has 70 valence electrons. The molecule has 1 fully saturated rings. The monoisotopic (exact) mass is 169 g/mol. The molecule has 0 aromatic carbocycles. The standard InChI is InChI=1S/C10H19NO/c1-7(2)6-10(12)9-4-5-11-8(9)3/h7-9,11H,4-6H2,1-3H3. The molecule has 0 aromatic rings. The molecule has 0 bridgehead atoms. The summed E-state index contributed by atoms with van der Waals surface area (Å²) < 4.78 is 0.